The van der Waals surface area contributed by atoms with Crippen molar-refractivity contribution in [3.05, 3.63) is 74.5 Å². The molecule has 126 valence electrons. The molecule has 2 aromatic rings. The predicted molar refractivity (Wildman–Crippen MR) is 101 cm³/mol. The minimum Gasteiger partial charge on any atom is -0.358 e. The minimum atomic E-state index is 0. The number of aliphatic imine (C=N–C) groups is 2. The molecule has 0 saturated carbocycles. The predicted octanol–water partition coefficient (Wildman–Crippen LogP) is 6.09. The van der Waals surface area contributed by atoms with E-state index in [-0.39, 0.29) is 31.3 Å². The van der Waals surface area contributed by atoms with Gasteiger partial charge >= 0.3 is 16.5 Å². The molecule has 0 spiro atoms. The molecule has 0 atom stereocenters. The number of hydrogen-bond acceptors (Lipinski definition) is 2. The molecular formula is C20H26N2Ni. The van der Waals surface area contributed by atoms with Crippen LogP contribution < -0.4 is 0 Å². The van der Waals surface area contributed by atoms with E-state index in [9.17, 15) is 0 Å². The Bertz CT molecular complexity index is 613. The first-order valence-electron chi connectivity index (χ1n) is 6.80. The number of nitrogens with zero attached hydrogens (tertiary/aromatic N) is 2. The molecule has 0 fully saturated rings. The van der Waals surface area contributed by atoms with Crippen LogP contribution in [-0.2, 0) is 16.5 Å². The van der Waals surface area contributed by atoms with E-state index in [1.165, 1.54) is 11.1 Å². The summed E-state index contributed by atoms with van der Waals surface area (Å²) in [7, 11) is 0. The summed E-state index contributed by atoms with van der Waals surface area (Å²) in [4.78, 5) is 9.34. The topological polar surface area (TPSA) is 24.7 Å². The average molecular weight is 353 g/mol. The van der Waals surface area contributed by atoms with Gasteiger partial charge in [0.25, 0.3) is 0 Å². The minimum absolute atomic E-state index is 0. The van der Waals surface area contributed by atoms with Crippen LogP contribution in [-0.4, -0.2) is 11.4 Å². The van der Waals surface area contributed by atoms with Crippen molar-refractivity contribution >= 4 is 22.8 Å². The van der Waals surface area contributed by atoms with Crippen LogP contribution in [0.5, 0.6) is 0 Å². The fraction of sp³-hybridized carbons (Fsp3) is 0.200. The van der Waals surface area contributed by atoms with E-state index >= 15 is 0 Å². The van der Waals surface area contributed by atoms with Crippen LogP contribution >= 0.6 is 0 Å². The van der Waals surface area contributed by atoms with Crippen LogP contribution in [0, 0.1) is 28.7 Å². The van der Waals surface area contributed by atoms with Gasteiger partial charge in [-0.15, -0.1) is 0 Å². The monoisotopic (exact) mass is 352 g/mol. The third-order valence-electron chi connectivity index (χ3n) is 3.33. The van der Waals surface area contributed by atoms with Gasteiger partial charge < -0.3 is 14.9 Å². The molecule has 0 amide bonds. The van der Waals surface area contributed by atoms with Gasteiger partial charge in [-0.05, 0) is 51.0 Å². The molecule has 0 aliphatic carbocycles. The SMILES string of the molecule is CC(=Nc1ccccc1C)C(C)=Nc1ccccc1C.[CH3-].[CH3-].[Ni+2]. The van der Waals surface area contributed by atoms with E-state index in [1.807, 2.05) is 50.2 Å². The van der Waals surface area contributed by atoms with E-state index in [0.29, 0.717) is 0 Å². The molecule has 2 nitrogen and oxygen atoms in total. The summed E-state index contributed by atoms with van der Waals surface area (Å²) < 4.78 is 0. The molecule has 23 heavy (non-hydrogen) atoms. The number of hydrogen-bond donors (Lipinski definition) is 0. The second-order valence-corrected chi connectivity index (χ2v) is 4.97. The third-order valence-corrected chi connectivity index (χ3v) is 3.33. The summed E-state index contributed by atoms with van der Waals surface area (Å²) >= 11 is 0. The summed E-state index contributed by atoms with van der Waals surface area (Å²) in [6.45, 7) is 8.15. The van der Waals surface area contributed by atoms with Crippen LogP contribution in [0.2, 0.25) is 0 Å². The zero-order chi connectivity index (χ0) is 14.5. The standard InChI is InChI=1S/C18H20N2.2CH3.Ni/c1-13-9-5-7-11-17(13)19-15(3)16(4)20-18-12-8-6-10-14(18)2;;;/h5-12H,1-4H3;2*1H3;/q;2*-1;+2. The van der Waals surface area contributed by atoms with Crippen LogP contribution in [0.3, 0.4) is 0 Å². The quantitative estimate of drug-likeness (QED) is 0.363. The van der Waals surface area contributed by atoms with Crippen molar-refractivity contribution in [3.8, 4) is 0 Å². The molecule has 0 saturated heterocycles. The number of aryl methyl sites for hydroxylation is 2. The first-order valence-corrected chi connectivity index (χ1v) is 6.80. The van der Waals surface area contributed by atoms with Gasteiger partial charge in [-0.25, -0.2) is 0 Å². The third kappa shape index (κ3) is 6.50. The second kappa shape index (κ2) is 10.9. The fourth-order valence-electron chi connectivity index (χ4n) is 1.90. The van der Waals surface area contributed by atoms with E-state index < -0.39 is 0 Å². The Balaban J connectivity index is 0. The number of para-hydroxylation sites is 2. The van der Waals surface area contributed by atoms with Crippen molar-refractivity contribution in [2.75, 3.05) is 0 Å². The van der Waals surface area contributed by atoms with Crippen molar-refractivity contribution in [1.82, 2.24) is 0 Å². The smallest absolute Gasteiger partial charge is 0.358 e. The fourth-order valence-corrected chi connectivity index (χ4v) is 1.90. The van der Waals surface area contributed by atoms with Gasteiger partial charge in [0.2, 0.25) is 0 Å². The Morgan fingerprint density at radius 2 is 0.957 bits per heavy atom. The molecule has 2 aromatic carbocycles. The van der Waals surface area contributed by atoms with Crippen molar-refractivity contribution in [3.63, 3.8) is 0 Å². The normalized spacial score (nSPS) is 11.0. The maximum absolute atomic E-state index is 4.67. The molecule has 2 rings (SSSR count). The van der Waals surface area contributed by atoms with Gasteiger partial charge in [-0.2, -0.15) is 0 Å². The average Bonchev–Trinajstić information content (AvgIpc) is 2.43. The van der Waals surface area contributed by atoms with Gasteiger partial charge in [0.1, 0.15) is 0 Å². The Morgan fingerprint density at radius 1 is 0.652 bits per heavy atom. The zero-order valence-electron chi connectivity index (χ0n) is 14.8. The Labute approximate surface area is 151 Å². The molecule has 0 aliphatic heterocycles. The molecule has 0 radical (unpaired) electrons. The molecular weight excluding hydrogens is 327 g/mol. The summed E-state index contributed by atoms with van der Waals surface area (Å²) in [5.41, 5.74) is 6.25. The maximum Gasteiger partial charge on any atom is 2.00 e. The summed E-state index contributed by atoms with van der Waals surface area (Å²) in [5.74, 6) is 0. The second-order valence-electron chi connectivity index (χ2n) is 4.97. The summed E-state index contributed by atoms with van der Waals surface area (Å²) in [6, 6.07) is 16.3. The Hall–Kier alpha value is -1.73. The van der Waals surface area contributed by atoms with Crippen molar-refractivity contribution < 1.29 is 16.5 Å². The zero-order valence-corrected chi connectivity index (χ0v) is 15.8. The molecule has 0 aliphatic rings. The maximum atomic E-state index is 4.67. The first-order chi connectivity index (χ1) is 9.58. The molecule has 0 bridgehead atoms. The molecule has 0 unspecified atom stereocenters. The van der Waals surface area contributed by atoms with Crippen LogP contribution in [0.1, 0.15) is 25.0 Å². The van der Waals surface area contributed by atoms with Gasteiger partial charge in [-0.3, -0.25) is 9.98 Å². The Morgan fingerprint density at radius 3 is 1.26 bits per heavy atom. The van der Waals surface area contributed by atoms with Crippen LogP contribution in [0.25, 0.3) is 0 Å². The summed E-state index contributed by atoms with van der Waals surface area (Å²) in [5, 5.41) is 0. The van der Waals surface area contributed by atoms with Gasteiger partial charge in [-0.1, -0.05) is 36.4 Å². The molecule has 0 N–H and O–H groups in total. The largest absolute Gasteiger partial charge is 2.00 e. The van der Waals surface area contributed by atoms with Crippen molar-refractivity contribution in [2.24, 2.45) is 9.98 Å². The number of rotatable bonds is 3. The van der Waals surface area contributed by atoms with E-state index in [0.717, 1.165) is 22.8 Å². The van der Waals surface area contributed by atoms with Gasteiger partial charge in [0, 0.05) is 0 Å². The van der Waals surface area contributed by atoms with Crippen LogP contribution in [0.15, 0.2) is 58.5 Å². The molecule has 0 heterocycles. The Kier molecular flexibility index (Phi) is 11.2. The first kappa shape index (κ1) is 23.5. The van der Waals surface area contributed by atoms with Crippen molar-refractivity contribution in [2.45, 2.75) is 27.7 Å². The number of benzene rings is 2. The molecule has 3 heteroatoms. The molecule has 0 aromatic heterocycles. The van der Waals surface area contributed by atoms with Gasteiger partial charge in [0.15, 0.2) is 0 Å². The van der Waals surface area contributed by atoms with E-state index in [2.05, 4.69) is 36.0 Å². The van der Waals surface area contributed by atoms with Crippen LogP contribution in [0.4, 0.5) is 11.4 Å². The van der Waals surface area contributed by atoms with E-state index in [1.54, 1.807) is 0 Å². The summed E-state index contributed by atoms with van der Waals surface area (Å²) in [6.07, 6.45) is 0. The van der Waals surface area contributed by atoms with E-state index in [4.69, 9.17) is 0 Å². The van der Waals surface area contributed by atoms with Gasteiger partial charge in [0.05, 0.1) is 22.8 Å². The van der Waals surface area contributed by atoms with Crippen molar-refractivity contribution in [1.29, 1.82) is 0 Å².